The summed E-state index contributed by atoms with van der Waals surface area (Å²) in [5.41, 5.74) is -0.868. The van der Waals surface area contributed by atoms with Crippen molar-refractivity contribution in [1.29, 1.82) is 0 Å². The largest absolute Gasteiger partial charge is 0.464 e. The van der Waals surface area contributed by atoms with Crippen molar-refractivity contribution >= 4 is 11.9 Å². The van der Waals surface area contributed by atoms with Crippen molar-refractivity contribution in [3.63, 3.8) is 0 Å². The van der Waals surface area contributed by atoms with Gasteiger partial charge in [0.2, 0.25) is 11.9 Å². The number of ether oxygens (including phenoxy) is 1. The molecule has 120 valence electrons. The van der Waals surface area contributed by atoms with Gasteiger partial charge >= 0.3 is 6.01 Å². The van der Waals surface area contributed by atoms with Crippen LogP contribution in [0.1, 0.15) is 33.6 Å². The molecule has 0 aromatic carbocycles. The fourth-order valence-electron chi connectivity index (χ4n) is 1.60. The predicted octanol–water partition coefficient (Wildman–Crippen LogP) is 0.637. The summed E-state index contributed by atoms with van der Waals surface area (Å²) in [4.78, 5) is 12.5. The first kappa shape index (κ1) is 17.4. The number of rotatable bonds is 10. The van der Waals surface area contributed by atoms with E-state index < -0.39 is 5.54 Å². The summed E-state index contributed by atoms with van der Waals surface area (Å²) in [6, 6.07) is 0.203. The van der Waals surface area contributed by atoms with Crippen LogP contribution in [0.4, 0.5) is 11.9 Å². The second kappa shape index (κ2) is 8.58. The maximum atomic E-state index is 9.48. The molecule has 21 heavy (non-hydrogen) atoms. The van der Waals surface area contributed by atoms with E-state index in [-0.39, 0.29) is 25.2 Å². The highest BCUT2D eigenvalue weighted by molar-refractivity contribution is 5.38. The molecule has 0 aliphatic heterocycles. The lowest BCUT2D eigenvalue weighted by Gasteiger charge is -2.29. The number of aliphatic hydroxyl groups excluding tert-OH is 2. The average molecular weight is 299 g/mol. The van der Waals surface area contributed by atoms with E-state index >= 15 is 0 Å². The molecule has 8 heteroatoms. The van der Waals surface area contributed by atoms with Crippen LogP contribution in [0.3, 0.4) is 0 Å². The molecule has 0 radical (unpaired) electrons. The Morgan fingerprint density at radius 2 is 1.71 bits per heavy atom. The first-order valence-corrected chi connectivity index (χ1v) is 7.25. The number of hydrogen-bond donors (Lipinski definition) is 4. The molecule has 0 aliphatic carbocycles. The molecule has 0 fully saturated rings. The van der Waals surface area contributed by atoms with E-state index in [1.165, 1.54) is 0 Å². The van der Waals surface area contributed by atoms with Crippen LogP contribution in [-0.4, -0.2) is 57.1 Å². The van der Waals surface area contributed by atoms with E-state index in [4.69, 9.17) is 4.74 Å². The van der Waals surface area contributed by atoms with Gasteiger partial charge in [0.25, 0.3) is 0 Å². The lowest BCUT2D eigenvalue weighted by Crippen LogP contribution is -2.45. The maximum Gasteiger partial charge on any atom is 0.323 e. The Morgan fingerprint density at radius 3 is 2.24 bits per heavy atom. The zero-order valence-corrected chi connectivity index (χ0v) is 12.9. The first-order chi connectivity index (χ1) is 10.1. The normalized spacial score (nSPS) is 11.3. The Morgan fingerprint density at radius 1 is 1.05 bits per heavy atom. The summed E-state index contributed by atoms with van der Waals surface area (Å²) in [7, 11) is 0. The third-order valence-corrected chi connectivity index (χ3v) is 3.08. The SMILES string of the molecule is CCCNc1nc(NC(CC)(CO)CO)nc(OCC)n1. The van der Waals surface area contributed by atoms with Gasteiger partial charge in [-0.15, -0.1) is 0 Å². The number of aliphatic hydroxyl groups is 2. The molecular formula is C13H25N5O3. The van der Waals surface area contributed by atoms with E-state index in [2.05, 4.69) is 25.6 Å². The second-order valence-corrected chi connectivity index (χ2v) is 4.70. The monoisotopic (exact) mass is 299 g/mol. The molecular weight excluding hydrogens is 274 g/mol. The molecule has 0 atom stereocenters. The van der Waals surface area contributed by atoms with Gasteiger partial charge in [-0.3, -0.25) is 0 Å². The van der Waals surface area contributed by atoms with E-state index in [1.54, 1.807) is 0 Å². The second-order valence-electron chi connectivity index (χ2n) is 4.70. The number of aromatic nitrogens is 3. The van der Waals surface area contributed by atoms with E-state index in [1.807, 2.05) is 20.8 Å². The van der Waals surface area contributed by atoms with Crippen molar-refractivity contribution in [2.45, 2.75) is 39.2 Å². The van der Waals surface area contributed by atoms with Gasteiger partial charge < -0.3 is 25.6 Å². The molecule has 0 aliphatic rings. The van der Waals surface area contributed by atoms with Crippen molar-refractivity contribution < 1.29 is 14.9 Å². The van der Waals surface area contributed by atoms with Crippen molar-refractivity contribution in [2.75, 3.05) is 37.0 Å². The summed E-state index contributed by atoms with van der Waals surface area (Å²) < 4.78 is 5.32. The van der Waals surface area contributed by atoms with E-state index in [0.717, 1.165) is 13.0 Å². The average Bonchev–Trinajstić information content (AvgIpc) is 2.51. The molecule has 8 nitrogen and oxygen atoms in total. The Bertz CT molecular complexity index is 418. The highest BCUT2D eigenvalue weighted by Gasteiger charge is 2.28. The summed E-state index contributed by atoms with van der Waals surface area (Å²) in [6.07, 6.45) is 1.46. The number of anilines is 2. The van der Waals surface area contributed by atoms with Crippen LogP contribution in [0.2, 0.25) is 0 Å². The molecule has 1 rings (SSSR count). The van der Waals surface area contributed by atoms with Gasteiger partial charge in [0.05, 0.1) is 25.4 Å². The van der Waals surface area contributed by atoms with Crippen molar-refractivity contribution in [3.05, 3.63) is 0 Å². The lowest BCUT2D eigenvalue weighted by molar-refractivity contribution is 0.132. The van der Waals surface area contributed by atoms with Crippen LogP contribution in [-0.2, 0) is 0 Å². The lowest BCUT2D eigenvalue weighted by atomic mass is 9.99. The fourth-order valence-corrected chi connectivity index (χ4v) is 1.60. The quantitative estimate of drug-likeness (QED) is 0.498. The van der Waals surface area contributed by atoms with Crippen LogP contribution in [0.25, 0.3) is 0 Å². The first-order valence-electron chi connectivity index (χ1n) is 7.25. The zero-order chi connectivity index (χ0) is 15.7. The number of hydrogen-bond acceptors (Lipinski definition) is 8. The minimum atomic E-state index is -0.868. The van der Waals surface area contributed by atoms with Gasteiger partial charge in [0, 0.05) is 6.54 Å². The van der Waals surface area contributed by atoms with Crippen LogP contribution in [0.15, 0.2) is 0 Å². The molecule has 1 heterocycles. The molecule has 4 N–H and O–H groups in total. The third-order valence-electron chi connectivity index (χ3n) is 3.08. The van der Waals surface area contributed by atoms with E-state index in [0.29, 0.717) is 19.0 Å². The van der Waals surface area contributed by atoms with Gasteiger partial charge in [0.1, 0.15) is 0 Å². The summed E-state index contributed by atoms with van der Waals surface area (Å²) >= 11 is 0. The van der Waals surface area contributed by atoms with Gasteiger partial charge in [-0.25, -0.2) is 0 Å². The smallest absolute Gasteiger partial charge is 0.323 e. The molecule has 0 saturated carbocycles. The molecule has 0 spiro atoms. The highest BCUT2D eigenvalue weighted by Crippen LogP contribution is 2.18. The van der Waals surface area contributed by atoms with Crippen molar-refractivity contribution in [2.24, 2.45) is 0 Å². The van der Waals surface area contributed by atoms with Gasteiger partial charge in [-0.05, 0) is 19.8 Å². The Kier molecular flexibility index (Phi) is 7.10. The van der Waals surface area contributed by atoms with Crippen molar-refractivity contribution in [3.8, 4) is 6.01 Å². The van der Waals surface area contributed by atoms with Gasteiger partial charge in [-0.2, -0.15) is 15.0 Å². The molecule has 1 aromatic heterocycles. The topological polar surface area (TPSA) is 112 Å². The summed E-state index contributed by atoms with van der Waals surface area (Å²) in [5.74, 6) is 0.663. The molecule has 1 aromatic rings. The fraction of sp³-hybridized carbons (Fsp3) is 0.769. The number of nitrogens with one attached hydrogen (secondary N) is 2. The zero-order valence-electron chi connectivity index (χ0n) is 12.9. The Balaban J connectivity index is 3.00. The van der Waals surface area contributed by atoms with E-state index in [9.17, 15) is 10.2 Å². The minimum Gasteiger partial charge on any atom is -0.464 e. The summed E-state index contributed by atoms with van der Waals surface area (Å²) in [6.45, 7) is 6.45. The minimum absolute atomic E-state index is 0.203. The Labute approximate surface area is 125 Å². The van der Waals surface area contributed by atoms with Crippen LogP contribution in [0, 0.1) is 0 Å². The third kappa shape index (κ3) is 4.98. The molecule has 0 unspecified atom stereocenters. The predicted molar refractivity (Wildman–Crippen MR) is 80.6 cm³/mol. The Hall–Kier alpha value is -1.67. The summed E-state index contributed by atoms with van der Waals surface area (Å²) in [5, 5.41) is 25.0. The number of nitrogens with zero attached hydrogens (tertiary/aromatic N) is 3. The van der Waals surface area contributed by atoms with Crippen LogP contribution < -0.4 is 15.4 Å². The standard InChI is InChI=1S/C13H25N5O3/c1-4-7-14-10-15-11(17-12(16-10)21-6-3)18-13(5-2,8-19)9-20/h19-20H,4-9H2,1-3H3,(H2,14,15,16,17,18). The van der Waals surface area contributed by atoms with Crippen LogP contribution in [0.5, 0.6) is 6.01 Å². The molecule has 0 saturated heterocycles. The van der Waals surface area contributed by atoms with Crippen LogP contribution >= 0.6 is 0 Å². The van der Waals surface area contributed by atoms with Crippen molar-refractivity contribution in [1.82, 2.24) is 15.0 Å². The molecule has 0 bridgehead atoms. The highest BCUT2D eigenvalue weighted by atomic mass is 16.5. The maximum absolute atomic E-state index is 9.48. The van der Waals surface area contributed by atoms with Gasteiger partial charge in [0.15, 0.2) is 0 Å². The molecule has 0 amide bonds. The van der Waals surface area contributed by atoms with Gasteiger partial charge in [-0.1, -0.05) is 13.8 Å².